The van der Waals surface area contributed by atoms with Crippen molar-refractivity contribution in [2.24, 2.45) is 5.92 Å². The van der Waals surface area contributed by atoms with Crippen LogP contribution in [0.4, 0.5) is 11.5 Å². The highest BCUT2D eigenvalue weighted by Gasteiger charge is 2.22. The van der Waals surface area contributed by atoms with Crippen molar-refractivity contribution < 1.29 is 14.2 Å². The molecular formula is C19H22N4O3. The van der Waals surface area contributed by atoms with Crippen molar-refractivity contribution in [3.8, 4) is 17.2 Å². The molecule has 0 aliphatic heterocycles. The number of methoxy groups -OCH3 is 3. The molecule has 0 spiro atoms. The third kappa shape index (κ3) is 3.12. The number of hydrogen-bond donors (Lipinski definition) is 1. The second kappa shape index (κ2) is 6.74. The number of fused-ring (bicyclic) bond motifs is 1. The zero-order chi connectivity index (χ0) is 18.1. The van der Waals surface area contributed by atoms with Crippen LogP contribution in [0, 0.1) is 5.92 Å². The van der Waals surface area contributed by atoms with E-state index in [9.17, 15) is 0 Å². The SMILES string of the molecule is COc1cc(Nc2cc3c(cn2)ncn3CC2CC2)cc(OC)c1OC. The maximum Gasteiger partial charge on any atom is 0.203 e. The number of rotatable bonds is 7. The van der Waals surface area contributed by atoms with Crippen LogP contribution in [0.2, 0.25) is 0 Å². The summed E-state index contributed by atoms with van der Waals surface area (Å²) in [6, 6.07) is 5.73. The van der Waals surface area contributed by atoms with Crippen molar-refractivity contribution in [1.82, 2.24) is 14.5 Å². The van der Waals surface area contributed by atoms with E-state index in [4.69, 9.17) is 14.2 Å². The molecule has 0 bridgehead atoms. The zero-order valence-corrected chi connectivity index (χ0v) is 15.2. The first-order chi connectivity index (χ1) is 12.7. The molecule has 26 heavy (non-hydrogen) atoms. The van der Waals surface area contributed by atoms with Crippen molar-refractivity contribution in [2.45, 2.75) is 19.4 Å². The van der Waals surface area contributed by atoms with Crippen LogP contribution in [0.1, 0.15) is 12.8 Å². The van der Waals surface area contributed by atoms with Gasteiger partial charge in [-0.2, -0.15) is 0 Å². The first kappa shape index (κ1) is 16.5. The molecule has 0 radical (unpaired) electrons. The number of ether oxygens (including phenoxy) is 3. The predicted octanol–water partition coefficient (Wildman–Crippen LogP) is 3.61. The van der Waals surface area contributed by atoms with Gasteiger partial charge in [-0.05, 0) is 18.8 Å². The Balaban J connectivity index is 1.66. The first-order valence-corrected chi connectivity index (χ1v) is 8.59. The van der Waals surface area contributed by atoms with Crippen molar-refractivity contribution in [3.05, 3.63) is 30.7 Å². The van der Waals surface area contributed by atoms with Gasteiger partial charge < -0.3 is 24.1 Å². The van der Waals surface area contributed by atoms with Gasteiger partial charge in [-0.15, -0.1) is 0 Å². The van der Waals surface area contributed by atoms with E-state index in [1.165, 1.54) is 12.8 Å². The van der Waals surface area contributed by atoms with Crippen molar-refractivity contribution in [2.75, 3.05) is 26.6 Å². The lowest BCUT2D eigenvalue weighted by Gasteiger charge is -2.15. The summed E-state index contributed by atoms with van der Waals surface area (Å²) in [4.78, 5) is 8.91. The van der Waals surface area contributed by atoms with Crippen molar-refractivity contribution in [1.29, 1.82) is 0 Å². The minimum Gasteiger partial charge on any atom is -0.493 e. The number of aromatic nitrogens is 3. The summed E-state index contributed by atoms with van der Waals surface area (Å²) in [5.74, 6) is 3.27. The molecule has 0 atom stereocenters. The molecule has 1 aliphatic rings. The van der Waals surface area contributed by atoms with Gasteiger partial charge in [0.15, 0.2) is 11.5 Å². The molecular weight excluding hydrogens is 332 g/mol. The van der Waals surface area contributed by atoms with E-state index in [1.807, 2.05) is 24.5 Å². The number of nitrogens with zero attached hydrogens (tertiary/aromatic N) is 3. The van der Waals surface area contributed by atoms with Crippen molar-refractivity contribution >= 4 is 22.5 Å². The van der Waals surface area contributed by atoms with E-state index in [1.54, 1.807) is 27.5 Å². The van der Waals surface area contributed by atoms with Crippen LogP contribution in [0.3, 0.4) is 0 Å². The number of imidazole rings is 1. The van der Waals surface area contributed by atoms with E-state index < -0.39 is 0 Å². The third-order valence-electron chi connectivity index (χ3n) is 4.60. The first-order valence-electron chi connectivity index (χ1n) is 8.59. The minimum atomic E-state index is 0.562. The average molecular weight is 354 g/mol. The normalized spacial score (nSPS) is 13.7. The highest BCUT2D eigenvalue weighted by Crippen LogP contribution is 2.40. The van der Waals surface area contributed by atoms with Crippen LogP contribution in [0.25, 0.3) is 11.0 Å². The molecule has 0 unspecified atom stereocenters. The Labute approximate surface area is 151 Å². The standard InChI is InChI=1S/C19H22N4O3/c1-24-16-6-13(7-17(25-2)19(16)26-3)22-18-8-15-14(9-20-18)21-11-23(15)10-12-4-5-12/h6-9,11-12H,4-5,10H2,1-3H3,(H,20,22). The summed E-state index contributed by atoms with van der Waals surface area (Å²) in [7, 11) is 4.79. The minimum absolute atomic E-state index is 0.562. The molecule has 1 aliphatic carbocycles. The molecule has 1 saturated carbocycles. The Hall–Kier alpha value is -2.96. The molecule has 3 aromatic rings. The summed E-state index contributed by atoms with van der Waals surface area (Å²) in [5, 5.41) is 3.31. The van der Waals surface area contributed by atoms with Gasteiger partial charge in [-0.1, -0.05) is 0 Å². The molecule has 2 heterocycles. The summed E-state index contributed by atoms with van der Waals surface area (Å²) >= 11 is 0. The lowest BCUT2D eigenvalue weighted by molar-refractivity contribution is 0.324. The monoisotopic (exact) mass is 354 g/mol. The molecule has 2 aromatic heterocycles. The lowest BCUT2D eigenvalue weighted by atomic mass is 10.2. The van der Waals surface area contributed by atoms with Crippen LogP contribution < -0.4 is 19.5 Å². The van der Waals surface area contributed by atoms with E-state index in [2.05, 4.69) is 19.9 Å². The quantitative estimate of drug-likeness (QED) is 0.699. The highest BCUT2D eigenvalue weighted by atomic mass is 16.5. The number of anilines is 2. The molecule has 0 amide bonds. The smallest absolute Gasteiger partial charge is 0.203 e. The molecule has 7 heteroatoms. The van der Waals surface area contributed by atoms with E-state index in [0.717, 1.165) is 35.0 Å². The van der Waals surface area contributed by atoms with E-state index in [-0.39, 0.29) is 0 Å². The van der Waals surface area contributed by atoms with Crippen LogP contribution in [0.5, 0.6) is 17.2 Å². The largest absolute Gasteiger partial charge is 0.493 e. The van der Waals surface area contributed by atoms with Gasteiger partial charge in [0.05, 0.1) is 39.4 Å². The molecule has 1 N–H and O–H groups in total. The second-order valence-electron chi connectivity index (χ2n) is 6.44. The fourth-order valence-electron chi connectivity index (χ4n) is 3.05. The zero-order valence-electron chi connectivity index (χ0n) is 15.2. The number of hydrogen-bond acceptors (Lipinski definition) is 6. The molecule has 1 fully saturated rings. The summed E-state index contributed by atoms with van der Waals surface area (Å²) in [5.41, 5.74) is 2.79. The van der Waals surface area contributed by atoms with Gasteiger partial charge in [-0.3, -0.25) is 0 Å². The van der Waals surface area contributed by atoms with Gasteiger partial charge in [-0.25, -0.2) is 9.97 Å². The third-order valence-corrected chi connectivity index (χ3v) is 4.60. The maximum atomic E-state index is 5.41. The number of nitrogens with one attached hydrogen (secondary N) is 1. The van der Waals surface area contributed by atoms with Crippen LogP contribution in [-0.4, -0.2) is 35.9 Å². The van der Waals surface area contributed by atoms with Crippen molar-refractivity contribution in [3.63, 3.8) is 0 Å². The van der Waals surface area contributed by atoms with Gasteiger partial charge in [0.2, 0.25) is 5.75 Å². The van der Waals surface area contributed by atoms with Gasteiger partial charge in [0, 0.05) is 30.4 Å². The maximum absolute atomic E-state index is 5.41. The summed E-state index contributed by atoms with van der Waals surface area (Å²) in [6.45, 7) is 1.02. The van der Waals surface area contributed by atoms with Crippen LogP contribution >= 0.6 is 0 Å². The predicted molar refractivity (Wildman–Crippen MR) is 99.6 cm³/mol. The second-order valence-corrected chi connectivity index (χ2v) is 6.44. The number of pyridine rings is 1. The Morgan fingerprint density at radius 2 is 1.77 bits per heavy atom. The Morgan fingerprint density at radius 1 is 1.04 bits per heavy atom. The highest BCUT2D eigenvalue weighted by molar-refractivity contribution is 5.79. The fourth-order valence-corrected chi connectivity index (χ4v) is 3.05. The summed E-state index contributed by atoms with van der Waals surface area (Å²) in [6.07, 6.45) is 6.30. The van der Waals surface area contributed by atoms with Crippen LogP contribution in [-0.2, 0) is 6.54 Å². The fraction of sp³-hybridized carbons (Fsp3) is 0.368. The Morgan fingerprint density at radius 3 is 2.38 bits per heavy atom. The lowest BCUT2D eigenvalue weighted by Crippen LogP contribution is -2.00. The van der Waals surface area contributed by atoms with Gasteiger partial charge >= 0.3 is 0 Å². The molecule has 4 rings (SSSR count). The molecule has 7 nitrogen and oxygen atoms in total. The topological polar surface area (TPSA) is 70.4 Å². The number of benzene rings is 1. The summed E-state index contributed by atoms with van der Waals surface area (Å²) < 4.78 is 18.4. The molecule has 0 saturated heterocycles. The Kier molecular flexibility index (Phi) is 4.28. The van der Waals surface area contributed by atoms with E-state index >= 15 is 0 Å². The molecule has 1 aromatic carbocycles. The van der Waals surface area contributed by atoms with E-state index in [0.29, 0.717) is 17.2 Å². The van der Waals surface area contributed by atoms with Gasteiger partial charge in [0.1, 0.15) is 11.3 Å². The van der Waals surface area contributed by atoms with Crippen LogP contribution in [0.15, 0.2) is 30.7 Å². The van der Waals surface area contributed by atoms with Gasteiger partial charge in [0.25, 0.3) is 0 Å². The molecule has 136 valence electrons. The average Bonchev–Trinajstić information content (AvgIpc) is 3.40. The Bertz CT molecular complexity index is 909.